The Kier molecular flexibility index (Phi) is 6.24. The van der Waals surface area contributed by atoms with Crippen molar-refractivity contribution >= 4 is 37.5 Å². The predicted octanol–water partition coefficient (Wildman–Crippen LogP) is 1.16. The highest BCUT2D eigenvalue weighted by atomic mass is 79.9. The minimum absolute atomic E-state index is 0.379. The molecule has 1 aromatic rings. The number of nitro groups is 1. The van der Waals surface area contributed by atoms with Crippen LogP contribution in [0.3, 0.4) is 0 Å². The summed E-state index contributed by atoms with van der Waals surface area (Å²) in [5.74, 6) is -0.502. The maximum absolute atomic E-state index is 12.1. The van der Waals surface area contributed by atoms with Gasteiger partial charge in [-0.2, -0.15) is 0 Å². The van der Waals surface area contributed by atoms with Crippen LogP contribution >= 0.6 is 15.9 Å². The first kappa shape index (κ1) is 17.5. The number of carbonyl (C=O) groups excluding carboxylic acids is 1. The first-order chi connectivity index (χ1) is 9.77. The summed E-state index contributed by atoms with van der Waals surface area (Å²) in [5.41, 5.74) is -0.556. The second-order valence-corrected chi connectivity index (χ2v) is 6.69. The van der Waals surface area contributed by atoms with E-state index in [1.54, 1.807) is 0 Å². The molecule has 0 atom stereocenters. The van der Waals surface area contributed by atoms with Gasteiger partial charge in [-0.3, -0.25) is 14.9 Å². The summed E-state index contributed by atoms with van der Waals surface area (Å²) in [6.07, 6.45) is 0.718. The lowest BCUT2D eigenvalue weighted by atomic mass is 10.3. The van der Waals surface area contributed by atoms with Crippen LogP contribution in [0.2, 0.25) is 0 Å². The van der Waals surface area contributed by atoms with Crippen molar-refractivity contribution in [2.24, 2.45) is 0 Å². The van der Waals surface area contributed by atoms with Crippen molar-refractivity contribution in [3.63, 3.8) is 0 Å². The maximum Gasteiger partial charge on any atom is 0.289 e. The van der Waals surface area contributed by atoms with Crippen LogP contribution in [0.5, 0.6) is 0 Å². The topological polar surface area (TPSA) is 118 Å². The number of carbonyl (C=O) groups is 1. The summed E-state index contributed by atoms with van der Waals surface area (Å²) < 4.78 is 26.6. The fourth-order valence-corrected chi connectivity index (χ4v) is 3.11. The molecule has 116 valence electrons. The molecule has 0 unspecified atom stereocenters. The van der Waals surface area contributed by atoms with Gasteiger partial charge in [0.1, 0.15) is 0 Å². The van der Waals surface area contributed by atoms with E-state index in [-0.39, 0.29) is 0 Å². The number of nitro benzene ring substituents is 1. The Balaban J connectivity index is 2.95. The van der Waals surface area contributed by atoms with Crippen LogP contribution in [0.1, 0.15) is 13.3 Å². The third-order valence-corrected chi connectivity index (χ3v) is 4.33. The number of hydrogen-bond donors (Lipinski definition) is 2. The summed E-state index contributed by atoms with van der Waals surface area (Å²) in [4.78, 5) is 21.0. The summed E-state index contributed by atoms with van der Waals surface area (Å²) >= 11 is 3.06. The standard InChI is InChI=1S/C11H14BrN3O5S/c1-2-5-13-11(16)7-14-21(19,20)10-6-8(12)3-4-9(10)15(17)18/h3-4,6,14H,2,5,7H2,1H3,(H,13,16). The number of rotatable bonds is 7. The largest absolute Gasteiger partial charge is 0.355 e. The van der Waals surface area contributed by atoms with Gasteiger partial charge in [0.05, 0.1) is 11.5 Å². The van der Waals surface area contributed by atoms with Crippen LogP contribution in [-0.4, -0.2) is 32.3 Å². The van der Waals surface area contributed by atoms with Crippen LogP contribution in [0, 0.1) is 10.1 Å². The van der Waals surface area contributed by atoms with Crippen molar-refractivity contribution < 1.29 is 18.1 Å². The number of nitrogens with one attached hydrogen (secondary N) is 2. The van der Waals surface area contributed by atoms with Crippen LogP contribution < -0.4 is 10.0 Å². The molecule has 0 fully saturated rings. The fourth-order valence-electron chi connectivity index (χ4n) is 1.42. The highest BCUT2D eigenvalue weighted by molar-refractivity contribution is 9.10. The highest BCUT2D eigenvalue weighted by Crippen LogP contribution is 2.26. The van der Waals surface area contributed by atoms with Crippen LogP contribution in [0.15, 0.2) is 27.6 Å². The first-order valence-electron chi connectivity index (χ1n) is 5.98. The zero-order chi connectivity index (χ0) is 16.0. The van der Waals surface area contributed by atoms with Crippen molar-refractivity contribution in [2.45, 2.75) is 18.2 Å². The van der Waals surface area contributed by atoms with Gasteiger partial charge in [0.2, 0.25) is 15.9 Å². The molecule has 1 amide bonds. The average molecular weight is 380 g/mol. The van der Waals surface area contributed by atoms with Gasteiger partial charge in [-0.1, -0.05) is 22.9 Å². The van der Waals surface area contributed by atoms with E-state index in [1.165, 1.54) is 6.07 Å². The van der Waals surface area contributed by atoms with E-state index in [0.717, 1.165) is 18.6 Å². The number of halogens is 1. The zero-order valence-electron chi connectivity index (χ0n) is 11.1. The SMILES string of the molecule is CCCNC(=O)CNS(=O)(=O)c1cc(Br)ccc1[N+](=O)[O-]. The van der Waals surface area contributed by atoms with Gasteiger partial charge in [-0.15, -0.1) is 0 Å². The Hall–Kier alpha value is -1.52. The molecule has 0 aromatic heterocycles. The monoisotopic (exact) mass is 379 g/mol. The second-order valence-electron chi connectivity index (χ2n) is 4.04. The molecule has 0 bridgehead atoms. The van der Waals surface area contributed by atoms with Gasteiger partial charge in [0, 0.05) is 17.1 Å². The van der Waals surface area contributed by atoms with Crippen LogP contribution in [0.4, 0.5) is 5.69 Å². The number of benzene rings is 1. The van der Waals surface area contributed by atoms with Gasteiger partial charge >= 0.3 is 0 Å². The Bertz CT molecular complexity index is 647. The molecule has 1 aromatic carbocycles. The van der Waals surface area contributed by atoms with E-state index in [9.17, 15) is 23.3 Å². The molecule has 8 nitrogen and oxygen atoms in total. The minimum atomic E-state index is -4.16. The quantitative estimate of drug-likeness (QED) is 0.544. The molecule has 0 aliphatic carbocycles. The van der Waals surface area contributed by atoms with E-state index < -0.39 is 38.0 Å². The number of amides is 1. The predicted molar refractivity (Wildman–Crippen MR) is 79.3 cm³/mol. The number of nitrogens with zero attached hydrogens (tertiary/aromatic N) is 1. The Labute approximate surface area is 130 Å². The van der Waals surface area contributed by atoms with Gasteiger partial charge in [-0.25, -0.2) is 13.1 Å². The molecule has 0 spiro atoms. The molecule has 10 heteroatoms. The number of hydrogen-bond acceptors (Lipinski definition) is 5. The minimum Gasteiger partial charge on any atom is -0.355 e. The molecule has 1 rings (SSSR count). The van der Waals surface area contributed by atoms with Crippen LogP contribution in [-0.2, 0) is 14.8 Å². The zero-order valence-corrected chi connectivity index (χ0v) is 13.5. The lowest BCUT2D eigenvalue weighted by Gasteiger charge is -2.08. The Morgan fingerprint density at radius 2 is 2.10 bits per heavy atom. The van der Waals surface area contributed by atoms with Crippen molar-refractivity contribution in [1.29, 1.82) is 0 Å². The third kappa shape index (κ3) is 5.06. The molecule has 0 saturated heterocycles. The van der Waals surface area contributed by atoms with Gasteiger partial charge in [-0.05, 0) is 18.6 Å². The molecular formula is C11H14BrN3O5S. The first-order valence-corrected chi connectivity index (χ1v) is 8.26. The van der Waals surface area contributed by atoms with Crippen molar-refractivity contribution in [3.05, 3.63) is 32.8 Å². The molecule has 0 heterocycles. The summed E-state index contributed by atoms with van der Waals surface area (Å²) in [6, 6.07) is 3.56. The second kappa shape index (κ2) is 7.48. The van der Waals surface area contributed by atoms with Gasteiger partial charge in [0.25, 0.3) is 5.69 Å². The third-order valence-electron chi connectivity index (χ3n) is 2.40. The molecule has 0 saturated carbocycles. The van der Waals surface area contributed by atoms with E-state index in [1.807, 2.05) is 11.6 Å². The Morgan fingerprint density at radius 3 is 2.67 bits per heavy atom. The smallest absolute Gasteiger partial charge is 0.289 e. The molecule has 0 radical (unpaired) electrons. The van der Waals surface area contributed by atoms with Crippen LogP contribution in [0.25, 0.3) is 0 Å². The molecule has 0 aliphatic heterocycles. The summed E-state index contributed by atoms with van der Waals surface area (Å²) in [5, 5.41) is 13.4. The van der Waals surface area contributed by atoms with E-state index >= 15 is 0 Å². The molecule has 2 N–H and O–H groups in total. The molecular weight excluding hydrogens is 366 g/mol. The molecule has 0 aliphatic rings. The van der Waals surface area contributed by atoms with E-state index in [0.29, 0.717) is 11.0 Å². The lowest BCUT2D eigenvalue weighted by Crippen LogP contribution is -2.37. The summed E-state index contributed by atoms with van der Waals surface area (Å²) in [6.45, 7) is 1.80. The van der Waals surface area contributed by atoms with Crippen molar-refractivity contribution in [2.75, 3.05) is 13.1 Å². The average Bonchev–Trinajstić information content (AvgIpc) is 2.42. The van der Waals surface area contributed by atoms with Gasteiger partial charge in [0.15, 0.2) is 4.90 Å². The van der Waals surface area contributed by atoms with E-state index in [2.05, 4.69) is 21.2 Å². The lowest BCUT2D eigenvalue weighted by molar-refractivity contribution is -0.387. The normalized spacial score (nSPS) is 11.1. The molecule has 21 heavy (non-hydrogen) atoms. The fraction of sp³-hybridized carbons (Fsp3) is 0.364. The Morgan fingerprint density at radius 1 is 1.43 bits per heavy atom. The van der Waals surface area contributed by atoms with E-state index in [4.69, 9.17) is 0 Å². The van der Waals surface area contributed by atoms with Crippen molar-refractivity contribution in [3.8, 4) is 0 Å². The summed E-state index contributed by atoms with van der Waals surface area (Å²) in [7, 11) is -4.16. The van der Waals surface area contributed by atoms with Crippen molar-refractivity contribution in [1.82, 2.24) is 10.0 Å². The van der Waals surface area contributed by atoms with Gasteiger partial charge < -0.3 is 5.32 Å². The highest BCUT2D eigenvalue weighted by Gasteiger charge is 2.26. The number of sulfonamides is 1. The maximum atomic E-state index is 12.1.